The Hall–Kier alpha value is -1.42. The molecule has 0 aliphatic heterocycles. The molecule has 1 rings (SSSR count). The summed E-state index contributed by atoms with van der Waals surface area (Å²) in [6.07, 6.45) is 5.69. The van der Waals surface area contributed by atoms with Crippen molar-refractivity contribution in [3.8, 4) is 0 Å². The largest absolute Gasteiger partial charge is 0.465 e. The van der Waals surface area contributed by atoms with E-state index in [0.717, 1.165) is 25.7 Å². The van der Waals surface area contributed by atoms with Crippen molar-refractivity contribution in [3.63, 3.8) is 0 Å². The molecule has 1 aromatic carbocycles. The predicted octanol–water partition coefficient (Wildman–Crippen LogP) is 3.43. The zero-order valence-corrected chi connectivity index (χ0v) is 12.2. The van der Waals surface area contributed by atoms with Gasteiger partial charge in [0.15, 0.2) is 0 Å². The van der Waals surface area contributed by atoms with Gasteiger partial charge in [-0.15, -0.1) is 0 Å². The van der Waals surface area contributed by atoms with E-state index >= 15 is 0 Å². The van der Waals surface area contributed by atoms with Crippen LogP contribution in [0.1, 0.15) is 32.6 Å². The van der Waals surface area contributed by atoms with Gasteiger partial charge in [0.2, 0.25) is 0 Å². The Bertz CT molecular complexity index is 452. The number of methoxy groups -OCH3 is 1. The molecule has 0 N–H and O–H groups in total. The van der Waals surface area contributed by atoms with Gasteiger partial charge in [0.25, 0.3) is 0 Å². The van der Waals surface area contributed by atoms with Crippen LogP contribution in [0, 0.1) is 0 Å². The first kappa shape index (κ1) is 15.6. The molecule has 0 aromatic heterocycles. The van der Waals surface area contributed by atoms with Crippen LogP contribution in [0.5, 0.6) is 0 Å². The fourth-order valence-electron chi connectivity index (χ4n) is 1.63. The van der Waals surface area contributed by atoms with Crippen molar-refractivity contribution >= 4 is 16.8 Å². The van der Waals surface area contributed by atoms with E-state index in [1.807, 2.05) is 6.07 Å². The maximum Gasteiger partial charge on any atom is 0.346 e. The number of hydrogen-bond donors (Lipinski definition) is 0. The average molecular weight is 280 g/mol. The normalized spacial score (nSPS) is 13.1. The predicted molar refractivity (Wildman–Crippen MR) is 77.1 cm³/mol. The zero-order valence-electron chi connectivity index (χ0n) is 11.4. The van der Waals surface area contributed by atoms with Crippen LogP contribution in [0.25, 0.3) is 0 Å². The summed E-state index contributed by atoms with van der Waals surface area (Å²) in [5, 5.41) is 0. The molecule has 0 radical (unpaired) electrons. The summed E-state index contributed by atoms with van der Waals surface area (Å²) in [6, 6.07) is 8.96. The third-order valence-electron chi connectivity index (χ3n) is 2.68. The van der Waals surface area contributed by atoms with Crippen LogP contribution in [0.15, 0.2) is 46.2 Å². The Morgan fingerprint density at radius 1 is 1.26 bits per heavy atom. The Balaban J connectivity index is 2.85. The molecule has 0 bridgehead atoms. The first-order valence-electron chi connectivity index (χ1n) is 6.46. The highest BCUT2D eigenvalue weighted by Crippen LogP contribution is 2.17. The number of rotatable bonds is 7. The molecule has 104 valence electrons. The van der Waals surface area contributed by atoms with Crippen molar-refractivity contribution in [2.75, 3.05) is 7.11 Å². The molecule has 0 saturated heterocycles. The molecule has 0 aliphatic carbocycles. The van der Waals surface area contributed by atoms with Crippen LogP contribution in [-0.2, 0) is 20.3 Å². The van der Waals surface area contributed by atoms with Gasteiger partial charge in [0.1, 0.15) is 4.91 Å². The molecule has 0 fully saturated rings. The number of ether oxygens (including phenoxy) is 1. The van der Waals surface area contributed by atoms with E-state index in [9.17, 15) is 9.00 Å². The van der Waals surface area contributed by atoms with Crippen molar-refractivity contribution in [1.82, 2.24) is 0 Å². The molecule has 0 heterocycles. The first-order chi connectivity index (χ1) is 9.20. The van der Waals surface area contributed by atoms with E-state index in [1.165, 1.54) is 7.11 Å². The molecule has 0 saturated carbocycles. The quantitative estimate of drug-likeness (QED) is 0.436. The molecule has 19 heavy (non-hydrogen) atoms. The summed E-state index contributed by atoms with van der Waals surface area (Å²) in [7, 11) is -0.160. The summed E-state index contributed by atoms with van der Waals surface area (Å²) in [4.78, 5) is 12.6. The SMILES string of the molecule is CCCCC/C=C(\C(=O)OC)S(=O)c1ccccc1. The van der Waals surface area contributed by atoms with Gasteiger partial charge < -0.3 is 4.74 Å². The highest BCUT2D eigenvalue weighted by atomic mass is 32.2. The topological polar surface area (TPSA) is 43.4 Å². The zero-order chi connectivity index (χ0) is 14.1. The first-order valence-corrected chi connectivity index (χ1v) is 7.61. The number of carbonyl (C=O) groups excluding carboxylic acids is 1. The van der Waals surface area contributed by atoms with Gasteiger partial charge in [0.05, 0.1) is 17.9 Å². The van der Waals surface area contributed by atoms with Gasteiger partial charge in [-0.25, -0.2) is 9.00 Å². The van der Waals surface area contributed by atoms with Crippen LogP contribution in [0.4, 0.5) is 0 Å². The average Bonchev–Trinajstić information content (AvgIpc) is 2.47. The lowest BCUT2D eigenvalue weighted by Gasteiger charge is -2.06. The number of benzene rings is 1. The molecule has 0 spiro atoms. The lowest BCUT2D eigenvalue weighted by Crippen LogP contribution is -2.10. The van der Waals surface area contributed by atoms with Crippen molar-refractivity contribution in [2.24, 2.45) is 0 Å². The molecule has 0 amide bonds. The van der Waals surface area contributed by atoms with Gasteiger partial charge in [-0.05, 0) is 25.0 Å². The van der Waals surface area contributed by atoms with Gasteiger partial charge in [0, 0.05) is 4.90 Å². The molecule has 1 unspecified atom stereocenters. The molecular formula is C15H20O3S. The molecule has 1 atom stereocenters. The highest BCUT2D eigenvalue weighted by molar-refractivity contribution is 7.90. The van der Waals surface area contributed by atoms with Crippen molar-refractivity contribution < 1.29 is 13.7 Å². The third kappa shape index (κ3) is 4.99. The maximum absolute atomic E-state index is 12.4. The van der Waals surface area contributed by atoms with Crippen LogP contribution in [0.2, 0.25) is 0 Å². The van der Waals surface area contributed by atoms with E-state index in [2.05, 4.69) is 6.92 Å². The highest BCUT2D eigenvalue weighted by Gasteiger charge is 2.18. The molecule has 4 heteroatoms. The second kappa shape index (κ2) is 8.64. The monoisotopic (exact) mass is 280 g/mol. The summed E-state index contributed by atoms with van der Waals surface area (Å²) in [6.45, 7) is 2.12. The molecular weight excluding hydrogens is 260 g/mol. The van der Waals surface area contributed by atoms with Crippen molar-refractivity contribution in [3.05, 3.63) is 41.3 Å². The van der Waals surface area contributed by atoms with Crippen LogP contribution < -0.4 is 0 Å². The van der Waals surface area contributed by atoms with Crippen LogP contribution >= 0.6 is 0 Å². The Morgan fingerprint density at radius 2 is 1.95 bits per heavy atom. The standard InChI is InChI=1S/C15H20O3S/c1-3-4-5-9-12-14(15(16)18-2)19(17)13-10-7-6-8-11-13/h6-8,10-12H,3-5,9H2,1-2H3/b14-12+. The second-order valence-corrected chi connectivity index (χ2v) is 5.59. The van der Waals surface area contributed by atoms with E-state index in [0.29, 0.717) is 4.90 Å². The van der Waals surface area contributed by atoms with Gasteiger partial charge in [-0.3, -0.25) is 0 Å². The van der Waals surface area contributed by atoms with Gasteiger partial charge in [-0.1, -0.05) is 44.0 Å². The Kier molecular flexibility index (Phi) is 7.11. The lowest BCUT2D eigenvalue weighted by atomic mass is 10.2. The lowest BCUT2D eigenvalue weighted by molar-refractivity contribution is -0.135. The third-order valence-corrected chi connectivity index (χ3v) is 4.11. The summed E-state index contributed by atoms with van der Waals surface area (Å²) in [5.41, 5.74) is 0. The molecule has 0 aliphatic rings. The van der Waals surface area contributed by atoms with E-state index in [4.69, 9.17) is 4.74 Å². The Labute approximate surface area is 117 Å². The van der Waals surface area contributed by atoms with Crippen molar-refractivity contribution in [1.29, 1.82) is 0 Å². The number of esters is 1. The fraction of sp³-hybridized carbons (Fsp3) is 0.400. The maximum atomic E-state index is 12.4. The number of hydrogen-bond acceptors (Lipinski definition) is 3. The smallest absolute Gasteiger partial charge is 0.346 e. The van der Waals surface area contributed by atoms with Gasteiger partial charge in [-0.2, -0.15) is 0 Å². The minimum absolute atomic E-state index is 0.241. The van der Waals surface area contributed by atoms with E-state index in [1.54, 1.807) is 30.3 Å². The summed E-state index contributed by atoms with van der Waals surface area (Å²) < 4.78 is 17.1. The Morgan fingerprint density at radius 3 is 2.53 bits per heavy atom. The molecule has 3 nitrogen and oxygen atoms in total. The van der Waals surface area contributed by atoms with E-state index < -0.39 is 16.8 Å². The minimum Gasteiger partial charge on any atom is -0.465 e. The number of allylic oxidation sites excluding steroid dienone is 1. The summed E-state index contributed by atoms with van der Waals surface area (Å²) in [5.74, 6) is -0.515. The van der Waals surface area contributed by atoms with Crippen LogP contribution in [0.3, 0.4) is 0 Å². The van der Waals surface area contributed by atoms with E-state index in [-0.39, 0.29) is 4.91 Å². The number of unbranched alkanes of at least 4 members (excludes halogenated alkanes) is 3. The summed E-state index contributed by atoms with van der Waals surface area (Å²) >= 11 is 0. The molecule has 1 aromatic rings. The van der Waals surface area contributed by atoms with Crippen molar-refractivity contribution in [2.45, 2.75) is 37.5 Å². The van der Waals surface area contributed by atoms with Gasteiger partial charge >= 0.3 is 5.97 Å². The number of carbonyl (C=O) groups is 1. The van der Waals surface area contributed by atoms with Crippen LogP contribution in [-0.4, -0.2) is 17.3 Å². The second-order valence-electron chi connectivity index (χ2n) is 4.14. The minimum atomic E-state index is -1.47. The fourth-order valence-corrected chi connectivity index (χ4v) is 2.80.